The van der Waals surface area contributed by atoms with Crippen LogP contribution in [0.3, 0.4) is 0 Å². The summed E-state index contributed by atoms with van der Waals surface area (Å²) >= 11 is 0. The number of amides is 1. The molecule has 12 nitrogen and oxygen atoms in total. The predicted molar refractivity (Wildman–Crippen MR) is 143 cm³/mol. The molecule has 0 aliphatic rings. The number of carbonyl (C=O) groups excluding carboxylic acids is 1. The van der Waals surface area contributed by atoms with Crippen LogP contribution in [0.5, 0.6) is 28.7 Å². The molecule has 0 saturated heterocycles. The van der Waals surface area contributed by atoms with E-state index in [-0.39, 0.29) is 0 Å². The fourth-order valence-corrected chi connectivity index (χ4v) is 4.01. The molecule has 1 amide bonds. The minimum absolute atomic E-state index is 0.304. The van der Waals surface area contributed by atoms with E-state index in [1.165, 1.54) is 12.4 Å². The van der Waals surface area contributed by atoms with Gasteiger partial charge in [0.15, 0.2) is 22.9 Å². The molecular formula is C27H27N7O5. The van der Waals surface area contributed by atoms with Crippen molar-refractivity contribution in [3.8, 4) is 28.7 Å². The zero-order chi connectivity index (χ0) is 27.2. The van der Waals surface area contributed by atoms with Crippen LogP contribution in [0.2, 0.25) is 0 Å². The lowest BCUT2D eigenvalue weighted by molar-refractivity contribution is 0.101. The van der Waals surface area contributed by atoms with E-state index in [0.29, 0.717) is 65.5 Å². The van der Waals surface area contributed by atoms with E-state index in [2.05, 4.69) is 25.5 Å². The van der Waals surface area contributed by atoms with Crippen LogP contribution in [-0.2, 0) is 13.1 Å². The van der Waals surface area contributed by atoms with E-state index in [9.17, 15) is 4.79 Å². The molecule has 39 heavy (non-hydrogen) atoms. The van der Waals surface area contributed by atoms with Crippen molar-refractivity contribution >= 4 is 22.6 Å². The third-order valence-corrected chi connectivity index (χ3v) is 5.83. The van der Waals surface area contributed by atoms with Crippen molar-refractivity contribution < 1.29 is 23.7 Å². The SMILES string of the molecule is CCOc1cnn(CCn2cccn2)c1C(=O)Nc1ccc(Oc2ccnc3cc(OC)c(OC)cc23)cn1. The van der Waals surface area contributed by atoms with Crippen molar-refractivity contribution in [1.29, 1.82) is 0 Å². The van der Waals surface area contributed by atoms with Crippen LogP contribution in [0, 0.1) is 0 Å². The number of hydrogen-bond acceptors (Lipinski definition) is 9. The second-order valence-corrected chi connectivity index (χ2v) is 8.25. The highest BCUT2D eigenvalue weighted by molar-refractivity contribution is 6.04. The first kappa shape index (κ1) is 25.5. The van der Waals surface area contributed by atoms with Crippen molar-refractivity contribution in [1.82, 2.24) is 29.5 Å². The molecule has 0 saturated carbocycles. The third-order valence-electron chi connectivity index (χ3n) is 5.83. The summed E-state index contributed by atoms with van der Waals surface area (Å²) in [4.78, 5) is 22.0. The first-order valence-electron chi connectivity index (χ1n) is 12.2. The molecule has 5 aromatic rings. The van der Waals surface area contributed by atoms with E-state index < -0.39 is 5.91 Å². The number of rotatable bonds is 11. The third kappa shape index (κ3) is 5.59. The van der Waals surface area contributed by atoms with Gasteiger partial charge in [-0.3, -0.25) is 19.1 Å². The van der Waals surface area contributed by atoms with E-state index in [4.69, 9.17) is 18.9 Å². The van der Waals surface area contributed by atoms with E-state index in [1.54, 1.807) is 60.2 Å². The Hall–Kier alpha value is -5.13. The maximum Gasteiger partial charge on any atom is 0.278 e. The fourth-order valence-electron chi connectivity index (χ4n) is 4.01. The Morgan fingerprint density at radius 3 is 2.49 bits per heavy atom. The summed E-state index contributed by atoms with van der Waals surface area (Å²) < 4.78 is 25.9. The summed E-state index contributed by atoms with van der Waals surface area (Å²) in [6, 6.07) is 10.6. The molecule has 200 valence electrons. The van der Waals surface area contributed by atoms with Gasteiger partial charge in [0.1, 0.15) is 17.3 Å². The minimum Gasteiger partial charge on any atom is -0.493 e. The first-order valence-corrected chi connectivity index (χ1v) is 12.2. The number of aromatic nitrogens is 6. The van der Waals surface area contributed by atoms with E-state index >= 15 is 0 Å². The zero-order valence-electron chi connectivity index (χ0n) is 21.7. The highest BCUT2D eigenvalue weighted by atomic mass is 16.5. The highest BCUT2D eigenvalue weighted by Gasteiger charge is 2.21. The van der Waals surface area contributed by atoms with E-state index in [0.717, 1.165) is 5.39 Å². The molecule has 0 spiro atoms. The molecule has 4 heterocycles. The highest BCUT2D eigenvalue weighted by Crippen LogP contribution is 2.36. The molecule has 0 bridgehead atoms. The van der Waals surface area contributed by atoms with Crippen LogP contribution < -0.4 is 24.3 Å². The van der Waals surface area contributed by atoms with Crippen LogP contribution in [-0.4, -0.2) is 56.3 Å². The van der Waals surface area contributed by atoms with Crippen molar-refractivity contribution in [2.75, 3.05) is 26.1 Å². The number of nitrogens with zero attached hydrogens (tertiary/aromatic N) is 6. The van der Waals surface area contributed by atoms with Crippen molar-refractivity contribution in [2.24, 2.45) is 0 Å². The molecule has 0 aliphatic heterocycles. The Balaban J connectivity index is 1.32. The van der Waals surface area contributed by atoms with Crippen LogP contribution in [0.4, 0.5) is 5.82 Å². The van der Waals surface area contributed by atoms with Crippen molar-refractivity contribution in [2.45, 2.75) is 20.0 Å². The molecule has 5 rings (SSSR count). The van der Waals surface area contributed by atoms with Crippen LogP contribution in [0.1, 0.15) is 17.4 Å². The molecule has 12 heteroatoms. The molecule has 1 N–H and O–H groups in total. The topological polar surface area (TPSA) is 127 Å². The standard InChI is InChI=1S/C27H27N7O5/c1-4-38-24-17-31-34(13-12-33-11-5-9-30-33)26(24)27(35)32-25-7-6-18(16-29-25)39-21-8-10-28-20-15-23(37-3)22(36-2)14-19(20)21/h5-11,14-17H,4,12-13H2,1-3H3,(H,29,32,35). The molecule has 0 radical (unpaired) electrons. The maximum atomic E-state index is 13.2. The van der Waals surface area contributed by atoms with Gasteiger partial charge in [0.05, 0.1) is 51.8 Å². The summed E-state index contributed by atoms with van der Waals surface area (Å²) in [6.45, 7) is 3.24. The normalized spacial score (nSPS) is 10.8. The number of methoxy groups -OCH3 is 2. The number of ether oxygens (including phenoxy) is 4. The molecule has 0 unspecified atom stereocenters. The quantitative estimate of drug-likeness (QED) is 0.268. The number of aryl methyl sites for hydroxylation is 2. The summed E-state index contributed by atoms with van der Waals surface area (Å²) in [5, 5.41) is 12.1. The first-order chi connectivity index (χ1) is 19.1. The Bertz CT molecular complexity index is 1570. The number of pyridine rings is 2. The lowest BCUT2D eigenvalue weighted by atomic mass is 10.2. The average Bonchev–Trinajstić information content (AvgIpc) is 3.62. The van der Waals surface area contributed by atoms with Crippen LogP contribution in [0.15, 0.2) is 67.4 Å². The van der Waals surface area contributed by atoms with Crippen LogP contribution in [0.25, 0.3) is 10.9 Å². The zero-order valence-corrected chi connectivity index (χ0v) is 21.7. The molecular weight excluding hydrogens is 502 g/mol. The average molecular weight is 530 g/mol. The number of carbonyl (C=O) groups is 1. The fraction of sp³-hybridized carbons (Fsp3) is 0.222. The molecule has 0 fully saturated rings. The second-order valence-electron chi connectivity index (χ2n) is 8.25. The van der Waals surface area contributed by atoms with Gasteiger partial charge in [-0.15, -0.1) is 0 Å². The second kappa shape index (κ2) is 11.5. The monoisotopic (exact) mass is 529 g/mol. The Morgan fingerprint density at radius 1 is 0.923 bits per heavy atom. The van der Waals surface area contributed by atoms with Crippen molar-refractivity contribution in [3.05, 3.63) is 73.1 Å². The molecule has 1 aromatic carbocycles. The number of nitrogens with one attached hydrogen (secondary N) is 1. The Labute approximate surface area is 224 Å². The van der Waals surface area contributed by atoms with Gasteiger partial charge in [0.2, 0.25) is 0 Å². The predicted octanol–water partition coefficient (Wildman–Crippen LogP) is 4.18. The van der Waals surface area contributed by atoms with Gasteiger partial charge in [-0.2, -0.15) is 10.2 Å². The Kier molecular flexibility index (Phi) is 7.53. The largest absolute Gasteiger partial charge is 0.493 e. The lowest BCUT2D eigenvalue weighted by Crippen LogP contribution is -2.21. The summed E-state index contributed by atoms with van der Waals surface area (Å²) in [5.41, 5.74) is 0.995. The molecule has 0 atom stereocenters. The summed E-state index contributed by atoms with van der Waals surface area (Å²) in [5.74, 6) is 2.55. The number of anilines is 1. The smallest absolute Gasteiger partial charge is 0.278 e. The van der Waals surface area contributed by atoms with E-state index in [1.807, 2.05) is 25.3 Å². The minimum atomic E-state index is -0.390. The van der Waals surface area contributed by atoms with Gasteiger partial charge in [-0.05, 0) is 37.3 Å². The summed E-state index contributed by atoms with van der Waals surface area (Å²) in [7, 11) is 3.14. The van der Waals surface area contributed by atoms with Gasteiger partial charge < -0.3 is 24.3 Å². The number of hydrogen-bond donors (Lipinski definition) is 1. The number of fused-ring (bicyclic) bond motifs is 1. The van der Waals surface area contributed by atoms with Gasteiger partial charge in [0.25, 0.3) is 5.91 Å². The lowest BCUT2D eigenvalue weighted by Gasteiger charge is -2.13. The molecule has 4 aromatic heterocycles. The van der Waals surface area contributed by atoms with Gasteiger partial charge in [0, 0.05) is 30.0 Å². The Morgan fingerprint density at radius 2 is 1.77 bits per heavy atom. The molecule has 0 aliphatic carbocycles. The van der Waals surface area contributed by atoms with Gasteiger partial charge >= 0.3 is 0 Å². The number of benzene rings is 1. The maximum absolute atomic E-state index is 13.2. The van der Waals surface area contributed by atoms with Gasteiger partial charge in [-0.25, -0.2) is 4.98 Å². The van der Waals surface area contributed by atoms with Crippen LogP contribution >= 0.6 is 0 Å². The van der Waals surface area contributed by atoms with Gasteiger partial charge in [-0.1, -0.05) is 0 Å². The van der Waals surface area contributed by atoms with Crippen molar-refractivity contribution in [3.63, 3.8) is 0 Å². The summed E-state index contributed by atoms with van der Waals surface area (Å²) in [6.07, 6.45) is 8.27.